The first-order chi connectivity index (χ1) is 8.52. The number of hydrogen-bond acceptors (Lipinski definition) is 4. The van der Waals surface area contributed by atoms with Gasteiger partial charge in [-0.3, -0.25) is 0 Å². The van der Waals surface area contributed by atoms with Crippen LogP contribution in [-0.4, -0.2) is 18.1 Å². The Labute approximate surface area is 122 Å². The molecule has 1 heterocycles. The lowest BCUT2D eigenvalue weighted by molar-refractivity contribution is 0.0596. The molecular weight excluding hydrogens is 313 g/mol. The fraction of sp³-hybridized carbons (Fsp3) is 0.0909. The lowest BCUT2D eigenvalue weighted by Crippen LogP contribution is -2.03. The number of carbonyl (C=O) groups is 1. The Hall–Kier alpha value is -0.880. The third kappa shape index (κ3) is 2.59. The molecule has 18 heavy (non-hydrogen) atoms. The van der Waals surface area contributed by atoms with Gasteiger partial charge < -0.3 is 9.72 Å². The molecule has 0 bridgehead atoms. The minimum atomic E-state index is -0.483. The molecule has 0 fully saturated rings. The van der Waals surface area contributed by atoms with Gasteiger partial charge in [0.25, 0.3) is 0 Å². The Morgan fingerprint density at radius 3 is 2.78 bits per heavy atom. The molecule has 0 aliphatic heterocycles. The summed E-state index contributed by atoms with van der Waals surface area (Å²) in [5, 5.41) is 0.986. The highest BCUT2D eigenvalue weighted by Crippen LogP contribution is 2.35. The number of thiazole rings is 1. The summed E-state index contributed by atoms with van der Waals surface area (Å²) in [6.07, 6.45) is 0. The predicted octanol–water partition coefficient (Wildman–Crippen LogP) is 4.57. The first kappa shape index (κ1) is 13.5. The van der Waals surface area contributed by atoms with E-state index in [1.54, 1.807) is 18.2 Å². The second-order valence-electron chi connectivity index (χ2n) is 3.33. The number of rotatable bonds is 2. The van der Waals surface area contributed by atoms with Gasteiger partial charge in [0.2, 0.25) is 0 Å². The molecule has 0 aliphatic rings. The largest absolute Gasteiger partial charge is 0.464 e. The minimum absolute atomic E-state index is 0.303. The fourth-order valence-corrected chi connectivity index (χ4v) is 3.21. The molecule has 0 radical (unpaired) electrons. The van der Waals surface area contributed by atoms with Crippen LogP contribution in [0.5, 0.6) is 0 Å². The van der Waals surface area contributed by atoms with Gasteiger partial charge in [-0.15, -0.1) is 11.3 Å². The summed E-state index contributed by atoms with van der Waals surface area (Å²) in [6, 6.07) is 5.06. The van der Waals surface area contributed by atoms with Gasteiger partial charge in [0.05, 0.1) is 17.0 Å². The highest BCUT2D eigenvalue weighted by atomic mass is 35.5. The minimum Gasteiger partial charge on any atom is -0.464 e. The van der Waals surface area contributed by atoms with Gasteiger partial charge in [0.1, 0.15) is 5.69 Å². The number of esters is 1. The second-order valence-corrected chi connectivity index (χ2v) is 5.87. The summed E-state index contributed by atoms with van der Waals surface area (Å²) in [5.41, 5.74) is 0.996. The molecule has 0 aliphatic carbocycles. The van der Waals surface area contributed by atoms with E-state index in [1.807, 2.05) is 0 Å². The first-order valence-corrected chi connectivity index (χ1v) is 6.78. The van der Waals surface area contributed by atoms with Gasteiger partial charge in [0.15, 0.2) is 3.95 Å². The van der Waals surface area contributed by atoms with Crippen molar-refractivity contribution in [2.75, 3.05) is 7.11 Å². The monoisotopic (exact) mass is 319 g/mol. The number of methoxy groups -OCH3 is 1. The summed E-state index contributed by atoms with van der Waals surface area (Å²) in [5.74, 6) is -0.483. The van der Waals surface area contributed by atoms with Crippen LogP contribution in [-0.2, 0) is 4.74 Å². The molecule has 0 saturated carbocycles. The smallest absolute Gasteiger partial charge is 0.356 e. The highest BCUT2D eigenvalue weighted by molar-refractivity contribution is 7.73. The number of carbonyl (C=O) groups excluding carboxylic acids is 1. The maximum Gasteiger partial charge on any atom is 0.356 e. The van der Waals surface area contributed by atoms with E-state index in [9.17, 15) is 4.79 Å². The van der Waals surface area contributed by atoms with Crippen LogP contribution in [0.25, 0.3) is 10.4 Å². The average Bonchev–Trinajstić information content (AvgIpc) is 2.70. The Balaban J connectivity index is 2.63. The summed E-state index contributed by atoms with van der Waals surface area (Å²) < 4.78 is 5.18. The van der Waals surface area contributed by atoms with Crippen LogP contribution in [0, 0.1) is 3.95 Å². The Kier molecular flexibility index (Phi) is 4.07. The van der Waals surface area contributed by atoms with Crippen LogP contribution < -0.4 is 0 Å². The van der Waals surface area contributed by atoms with Gasteiger partial charge in [-0.25, -0.2) is 4.79 Å². The zero-order chi connectivity index (χ0) is 13.3. The van der Waals surface area contributed by atoms with Gasteiger partial charge in [-0.05, 0) is 24.4 Å². The van der Waals surface area contributed by atoms with Crippen molar-refractivity contribution in [1.82, 2.24) is 4.98 Å². The number of hydrogen-bond donors (Lipinski definition) is 1. The Bertz CT molecular complexity index is 663. The maximum absolute atomic E-state index is 11.6. The highest BCUT2D eigenvalue weighted by Gasteiger charge is 2.18. The van der Waals surface area contributed by atoms with Crippen molar-refractivity contribution < 1.29 is 9.53 Å². The molecule has 0 atom stereocenters. The van der Waals surface area contributed by atoms with Crippen molar-refractivity contribution in [3.63, 3.8) is 0 Å². The van der Waals surface area contributed by atoms with Crippen LogP contribution in [0.15, 0.2) is 18.2 Å². The van der Waals surface area contributed by atoms with Crippen molar-refractivity contribution in [3.05, 3.63) is 37.9 Å². The van der Waals surface area contributed by atoms with E-state index in [4.69, 9.17) is 40.2 Å². The number of aromatic amines is 1. The third-order valence-electron chi connectivity index (χ3n) is 2.21. The number of nitrogens with one attached hydrogen (secondary N) is 1. The van der Waals surface area contributed by atoms with Gasteiger partial charge in [0, 0.05) is 10.6 Å². The van der Waals surface area contributed by atoms with Crippen molar-refractivity contribution in [1.29, 1.82) is 0 Å². The van der Waals surface area contributed by atoms with Gasteiger partial charge in [-0.1, -0.05) is 29.3 Å². The summed E-state index contributed by atoms with van der Waals surface area (Å²) in [7, 11) is 1.31. The maximum atomic E-state index is 11.6. The molecule has 0 spiro atoms. The zero-order valence-corrected chi connectivity index (χ0v) is 12.3. The van der Waals surface area contributed by atoms with Crippen LogP contribution in [0.3, 0.4) is 0 Å². The Morgan fingerprint density at radius 1 is 1.44 bits per heavy atom. The zero-order valence-electron chi connectivity index (χ0n) is 9.12. The molecule has 0 amide bonds. The van der Waals surface area contributed by atoms with Crippen LogP contribution in [0.4, 0.5) is 0 Å². The Morgan fingerprint density at radius 2 is 2.17 bits per heavy atom. The van der Waals surface area contributed by atoms with Gasteiger partial charge >= 0.3 is 5.97 Å². The van der Waals surface area contributed by atoms with Crippen molar-refractivity contribution in [3.8, 4) is 10.4 Å². The number of ether oxygens (including phenoxy) is 1. The number of benzene rings is 1. The van der Waals surface area contributed by atoms with E-state index in [-0.39, 0.29) is 0 Å². The fourth-order valence-electron chi connectivity index (χ4n) is 1.44. The molecule has 7 heteroatoms. The predicted molar refractivity (Wildman–Crippen MR) is 76.3 cm³/mol. The lowest BCUT2D eigenvalue weighted by Gasteiger charge is -2.04. The van der Waals surface area contributed by atoms with Crippen LogP contribution in [0.1, 0.15) is 10.5 Å². The van der Waals surface area contributed by atoms with E-state index >= 15 is 0 Å². The molecule has 2 rings (SSSR count). The molecule has 2 aromatic rings. The first-order valence-electron chi connectivity index (χ1n) is 4.79. The third-order valence-corrected chi connectivity index (χ3v) is 4.03. The second kappa shape index (κ2) is 5.40. The quantitative estimate of drug-likeness (QED) is 0.651. The van der Waals surface area contributed by atoms with Crippen molar-refractivity contribution >= 4 is 52.7 Å². The van der Waals surface area contributed by atoms with Crippen molar-refractivity contribution in [2.45, 2.75) is 0 Å². The molecule has 0 unspecified atom stereocenters. The SMILES string of the molecule is COC(=O)c1[nH]c(=S)sc1-c1ccc(Cl)cc1Cl. The van der Waals surface area contributed by atoms with E-state index in [1.165, 1.54) is 18.4 Å². The number of aromatic nitrogens is 1. The summed E-state index contributed by atoms with van der Waals surface area (Å²) in [4.78, 5) is 15.1. The van der Waals surface area contributed by atoms with Crippen LogP contribution in [0.2, 0.25) is 10.0 Å². The summed E-state index contributed by atoms with van der Waals surface area (Å²) in [6.45, 7) is 0. The average molecular weight is 320 g/mol. The molecule has 1 aromatic carbocycles. The molecule has 3 nitrogen and oxygen atoms in total. The van der Waals surface area contributed by atoms with Crippen LogP contribution >= 0.6 is 46.8 Å². The summed E-state index contributed by atoms with van der Waals surface area (Å²) >= 11 is 18.3. The normalized spacial score (nSPS) is 10.4. The standard InChI is InChI=1S/C11H7Cl2NO2S2/c1-16-10(15)8-9(18-11(17)14-8)6-3-2-5(12)4-7(6)13/h2-4H,1H3,(H,14,17). The lowest BCUT2D eigenvalue weighted by atomic mass is 10.1. The van der Waals surface area contributed by atoms with Gasteiger partial charge in [-0.2, -0.15) is 0 Å². The molecule has 0 saturated heterocycles. The van der Waals surface area contributed by atoms with Crippen molar-refractivity contribution in [2.24, 2.45) is 0 Å². The molecule has 1 N–H and O–H groups in total. The number of halogens is 2. The topological polar surface area (TPSA) is 42.1 Å². The van der Waals surface area contributed by atoms with E-state index < -0.39 is 5.97 Å². The van der Waals surface area contributed by atoms with E-state index in [2.05, 4.69) is 4.98 Å². The number of H-pyrrole nitrogens is 1. The molecule has 94 valence electrons. The van der Waals surface area contributed by atoms with E-state index in [0.29, 0.717) is 30.1 Å². The molecule has 1 aromatic heterocycles. The molecular formula is C11H7Cl2NO2S2. The van der Waals surface area contributed by atoms with E-state index in [0.717, 1.165) is 0 Å².